The van der Waals surface area contributed by atoms with E-state index in [1.807, 2.05) is 30.3 Å². The number of rotatable bonds is 5. The third-order valence-corrected chi connectivity index (χ3v) is 4.37. The Morgan fingerprint density at radius 3 is 2.68 bits per heavy atom. The number of nitrogens with two attached hydrogens (primary N) is 1. The molecular formula is C13H14N6O2S. The molecule has 0 radical (unpaired) electrons. The Kier molecular flexibility index (Phi) is 4.05. The first kappa shape index (κ1) is 14.5. The number of thioether (sulfide) groups is 1. The molecule has 22 heavy (non-hydrogen) atoms. The quantitative estimate of drug-likeness (QED) is 0.796. The second-order valence-electron chi connectivity index (χ2n) is 4.90. The predicted molar refractivity (Wildman–Crippen MR) is 78.9 cm³/mol. The number of hydrogen-bond donors (Lipinski definition) is 2. The van der Waals surface area contributed by atoms with Gasteiger partial charge in [-0.3, -0.25) is 10.1 Å². The first-order valence-electron chi connectivity index (χ1n) is 6.75. The summed E-state index contributed by atoms with van der Waals surface area (Å²) in [4.78, 5) is 23.2. The molecule has 1 saturated carbocycles. The van der Waals surface area contributed by atoms with Gasteiger partial charge in [0.25, 0.3) is 0 Å². The second-order valence-corrected chi connectivity index (χ2v) is 5.97. The monoisotopic (exact) mass is 318 g/mol. The zero-order valence-corrected chi connectivity index (χ0v) is 12.4. The summed E-state index contributed by atoms with van der Waals surface area (Å²) in [6, 6.07) is 8.54. The highest BCUT2D eigenvalue weighted by molar-refractivity contribution is 8.00. The van der Waals surface area contributed by atoms with Gasteiger partial charge in [0.2, 0.25) is 11.1 Å². The molecule has 1 aliphatic rings. The van der Waals surface area contributed by atoms with Crippen molar-refractivity contribution in [2.75, 3.05) is 0 Å². The van der Waals surface area contributed by atoms with Crippen LogP contribution in [0.3, 0.4) is 0 Å². The standard InChI is InChI=1S/C13H14N6O2S/c14-12(21)15-11(20)10(8-4-2-1-3-5-8)22-13-16-17-18-19(13)9-6-7-9/h1-5,9-10H,6-7H2,(H3,14,15,20,21)/t10-/m1/s1. The van der Waals surface area contributed by atoms with Crippen molar-refractivity contribution < 1.29 is 9.59 Å². The van der Waals surface area contributed by atoms with Crippen molar-refractivity contribution in [2.24, 2.45) is 5.73 Å². The number of benzene rings is 1. The van der Waals surface area contributed by atoms with Crippen LogP contribution in [0.25, 0.3) is 0 Å². The summed E-state index contributed by atoms with van der Waals surface area (Å²) in [7, 11) is 0. The van der Waals surface area contributed by atoms with Crippen LogP contribution in [0.4, 0.5) is 4.79 Å². The van der Waals surface area contributed by atoms with Crippen LogP contribution in [0.1, 0.15) is 29.7 Å². The van der Waals surface area contributed by atoms with Gasteiger partial charge in [0, 0.05) is 0 Å². The lowest BCUT2D eigenvalue weighted by Gasteiger charge is -2.15. The number of carbonyl (C=O) groups excluding carboxylic acids is 2. The van der Waals surface area contributed by atoms with E-state index in [2.05, 4.69) is 20.8 Å². The number of tetrazole rings is 1. The normalized spacial score (nSPS) is 15.3. The van der Waals surface area contributed by atoms with Gasteiger partial charge in [-0.15, -0.1) is 5.10 Å². The van der Waals surface area contributed by atoms with Gasteiger partial charge >= 0.3 is 6.03 Å². The van der Waals surface area contributed by atoms with Crippen LogP contribution >= 0.6 is 11.8 Å². The lowest BCUT2D eigenvalue weighted by Crippen LogP contribution is -2.37. The molecule has 3 amide bonds. The van der Waals surface area contributed by atoms with Crippen molar-refractivity contribution >= 4 is 23.7 Å². The molecular weight excluding hydrogens is 304 g/mol. The van der Waals surface area contributed by atoms with Crippen LogP contribution in [-0.2, 0) is 4.79 Å². The summed E-state index contributed by atoms with van der Waals surface area (Å²) in [6.45, 7) is 0. The fourth-order valence-corrected chi connectivity index (χ4v) is 3.05. The Hall–Kier alpha value is -2.42. The lowest BCUT2D eigenvalue weighted by atomic mass is 10.1. The summed E-state index contributed by atoms with van der Waals surface area (Å²) in [6.07, 6.45) is 2.06. The Balaban J connectivity index is 1.86. The molecule has 1 aromatic carbocycles. The van der Waals surface area contributed by atoms with Gasteiger partial charge in [0.15, 0.2) is 0 Å². The first-order chi connectivity index (χ1) is 10.6. The fourth-order valence-electron chi connectivity index (χ4n) is 2.00. The van der Waals surface area contributed by atoms with E-state index in [0.29, 0.717) is 11.2 Å². The molecule has 114 valence electrons. The van der Waals surface area contributed by atoms with E-state index in [0.717, 1.165) is 18.4 Å². The second kappa shape index (κ2) is 6.14. The van der Waals surface area contributed by atoms with Crippen LogP contribution in [-0.4, -0.2) is 32.1 Å². The molecule has 0 unspecified atom stereocenters. The zero-order chi connectivity index (χ0) is 15.5. The maximum absolute atomic E-state index is 12.3. The number of aromatic nitrogens is 4. The molecule has 1 aliphatic carbocycles. The average molecular weight is 318 g/mol. The smallest absolute Gasteiger partial charge is 0.318 e. The van der Waals surface area contributed by atoms with Gasteiger partial charge in [0.1, 0.15) is 5.25 Å². The van der Waals surface area contributed by atoms with E-state index >= 15 is 0 Å². The highest BCUT2D eigenvalue weighted by Gasteiger charge is 2.31. The van der Waals surface area contributed by atoms with Crippen LogP contribution in [0.15, 0.2) is 35.5 Å². The van der Waals surface area contributed by atoms with Gasteiger partial charge in [-0.1, -0.05) is 42.1 Å². The highest BCUT2D eigenvalue weighted by atomic mass is 32.2. The average Bonchev–Trinajstić information content (AvgIpc) is 3.24. The van der Waals surface area contributed by atoms with E-state index in [1.54, 1.807) is 4.68 Å². The van der Waals surface area contributed by atoms with E-state index in [9.17, 15) is 9.59 Å². The minimum absolute atomic E-state index is 0.299. The highest BCUT2D eigenvalue weighted by Crippen LogP contribution is 2.40. The van der Waals surface area contributed by atoms with E-state index in [-0.39, 0.29) is 0 Å². The maximum Gasteiger partial charge on any atom is 0.318 e. The molecule has 8 nitrogen and oxygen atoms in total. The molecule has 1 fully saturated rings. The van der Waals surface area contributed by atoms with E-state index < -0.39 is 17.2 Å². The fraction of sp³-hybridized carbons (Fsp3) is 0.308. The van der Waals surface area contributed by atoms with E-state index in [1.165, 1.54) is 11.8 Å². The topological polar surface area (TPSA) is 116 Å². The van der Waals surface area contributed by atoms with Crippen molar-refractivity contribution in [2.45, 2.75) is 29.3 Å². The summed E-state index contributed by atoms with van der Waals surface area (Å²) in [5.74, 6) is -0.492. The minimum Gasteiger partial charge on any atom is -0.351 e. The first-order valence-corrected chi connectivity index (χ1v) is 7.63. The van der Waals surface area contributed by atoms with Crippen molar-refractivity contribution in [3.63, 3.8) is 0 Å². The Labute approximate surface area is 130 Å². The van der Waals surface area contributed by atoms with Gasteiger partial charge in [-0.25, -0.2) is 9.48 Å². The minimum atomic E-state index is -0.881. The summed E-state index contributed by atoms with van der Waals surface area (Å²) in [5.41, 5.74) is 5.79. The van der Waals surface area contributed by atoms with Gasteiger partial charge in [-0.05, 0) is 28.8 Å². The zero-order valence-electron chi connectivity index (χ0n) is 11.5. The van der Waals surface area contributed by atoms with Crippen LogP contribution in [0.2, 0.25) is 0 Å². The van der Waals surface area contributed by atoms with Gasteiger partial charge < -0.3 is 5.73 Å². The van der Waals surface area contributed by atoms with Crippen molar-refractivity contribution in [3.05, 3.63) is 35.9 Å². The summed E-state index contributed by atoms with van der Waals surface area (Å²) in [5, 5.41) is 13.6. The molecule has 0 spiro atoms. The molecule has 0 saturated heterocycles. The van der Waals surface area contributed by atoms with Crippen LogP contribution in [0.5, 0.6) is 0 Å². The van der Waals surface area contributed by atoms with Gasteiger partial charge in [0.05, 0.1) is 6.04 Å². The summed E-state index contributed by atoms with van der Waals surface area (Å²) >= 11 is 1.20. The Bertz CT molecular complexity index is 685. The maximum atomic E-state index is 12.3. The third kappa shape index (κ3) is 3.25. The molecule has 1 aromatic heterocycles. The Morgan fingerprint density at radius 2 is 2.05 bits per heavy atom. The molecule has 9 heteroatoms. The SMILES string of the molecule is NC(=O)NC(=O)[C@H](Sc1nnnn1C1CC1)c1ccccc1. The number of amides is 3. The Morgan fingerprint density at radius 1 is 1.32 bits per heavy atom. The number of urea groups is 1. The molecule has 3 N–H and O–H groups in total. The third-order valence-electron chi connectivity index (χ3n) is 3.17. The van der Waals surface area contributed by atoms with Crippen molar-refractivity contribution in [1.82, 2.24) is 25.5 Å². The van der Waals surface area contributed by atoms with Crippen LogP contribution < -0.4 is 11.1 Å². The summed E-state index contributed by atoms with van der Waals surface area (Å²) < 4.78 is 1.72. The number of nitrogens with zero attached hydrogens (tertiary/aromatic N) is 4. The molecule has 3 rings (SSSR count). The van der Waals surface area contributed by atoms with Crippen molar-refractivity contribution in [1.29, 1.82) is 0 Å². The largest absolute Gasteiger partial charge is 0.351 e. The van der Waals surface area contributed by atoms with Crippen molar-refractivity contribution in [3.8, 4) is 0 Å². The molecule has 0 bridgehead atoms. The lowest BCUT2D eigenvalue weighted by molar-refractivity contribution is -0.119. The number of hydrogen-bond acceptors (Lipinski definition) is 6. The molecule has 1 heterocycles. The number of nitrogens with one attached hydrogen (secondary N) is 1. The van der Waals surface area contributed by atoms with E-state index in [4.69, 9.17) is 5.73 Å². The number of imide groups is 1. The molecule has 2 aromatic rings. The van der Waals surface area contributed by atoms with Crippen LogP contribution in [0, 0.1) is 0 Å². The molecule has 0 aliphatic heterocycles. The van der Waals surface area contributed by atoms with Gasteiger partial charge in [-0.2, -0.15) is 0 Å². The predicted octanol–water partition coefficient (Wildman–Crippen LogP) is 1.04. The molecule has 1 atom stereocenters. The number of carbonyl (C=O) groups is 2. The number of primary amides is 1.